The monoisotopic (exact) mass is 506 g/mol. The number of piperidine rings is 1. The lowest BCUT2D eigenvalue weighted by Gasteiger charge is -2.31. The van der Waals surface area contributed by atoms with Crippen molar-refractivity contribution in [1.82, 2.24) is 14.9 Å². The van der Waals surface area contributed by atoms with Gasteiger partial charge in [-0.1, -0.05) is 53.5 Å². The van der Waals surface area contributed by atoms with Crippen LogP contribution in [0.4, 0.5) is 10.6 Å². The summed E-state index contributed by atoms with van der Waals surface area (Å²) in [5.41, 5.74) is 4.17. The molecule has 2 N–H and O–H groups in total. The molecule has 0 radical (unpaired) electrons. The van der Waals surface area contributed by atoms with Gasteiger partial charge in [0.25, 0.3) is 0 Å². The van der Waals surface area contributed by atoms with E-state index in [9.17, 15) is 9.90 Å². The predicted octanol–water partition coefficient (Wildman–Crippen LogP) is 6.67. The number of nitrogens with one attached hydrogen (secondary N) is 1. The summed E-state index contributed by atoms with van der Waals surface area (Å²) in [5, 5.41) is 15.1. The van der Waals surface area contributed by atoms with Crippen molar-refractivity contribution in [3.8, 4) is 0 Å². The lowest BCUT2D eigenvalue weighted by molar-refractivity contribution is 0.134. The highest BCUT2D eigenvalue weighted by atomic mass is 35.5. The zero-order chi connectivity index (χ0) is 24.4. The molecule has 1 aliphatic rings. The van der Waals surface area contributed by atoms with Crippen LogP contribution >= 0.6 is 23.2 Å². The van der Waals surface area contributed by atoms with Gasteiger partial charge < -0.3 is 15.3 Å². The van der Waals surface area contributed by atoms with Crippen molar-refractivity contribution in [1.29, 1.82) is 0 Å². The van der Waals surface area contributed by atoms with Crippen LogP contribution in [0.15, 0.2) is 73.1 Å². The van der Waals surface area contributed by atoms with Gasteiger partial charge in [-0.2, -0.15) is 0 Å². The van der Waals surface area contributed by atoms with E-state index in [-0.39, 0.29) is 12.0 Å². The molecule has 0 unspecified atom stereocenters. The summed E-state index contributed by atoms with van der Waals surface area (Å²) in [6.45, 7) is 1.02. The molecule has 0 spiro atoms. The Labute approximate surface area is 213 Å². The Kier molecular flexibility index (Phi) is 6.75. The molecule has 0 aliphatic carbocycles. The lowest BCUT2D eigenvalue weighted by Crippen LogP contribution is -2.41. The number of likely N-dealkylation sites (tertiary alicyclic amines) is 1. The molecule has 178 valence electrons. The summed E-state index contributed by atoms with van der Waals surface area (Å²) >= 11 is 12.3. The van der Waals surface area contributed by atoms with E-state index in [2.05, 4.69) is 27.4 Å². The Morgan fingerprint density at radius 2 is 1.46 bits per heavy atom. The number of nitrogens with zero attached hydrogens (tertiary/aromatic N) is 3. The van der Waals surface area contributed by atoms with Gasteiger partial charge in [-0.15, -0.1) is 0 Å². The first kappa shape index (κ1) is 23.4. The van der Waals surface area contributed by atoms with Crippen LogP contribution in [-0.2, 0) is 0 Å². The molecule has 0 atom stereocenters. The molecule has 1 fully saturated rings. The van der Waals surface area contributed by atoms with Crippen LogP contribution in [0.2, 0.25) is 10.0 Å². The zero-order valence-corrected chi connectivity index (χ0v) is 20.4. The summed E-state index contributed by atoms with van der Waals surface area (Å²) in [5.74, 6) is 0.734. The smallest absolute Gasteiger partial charge is 0.407 e. The fourth-order valence-corrected chi connectivity index (χ4v) is 4.92. The standard InChI is InChI=1S/C27H24Cl2N4O2/c28-20-6-1-17(2-7-20)25(18-3-8-21(29)9-4-18)19-5-10-24-23(15-19)26(31-16-30-24)32-22-11-13-33(14-12-22)27(34)35/h1-10,15-16,22,25H,11-14H2,(H,34,35)(H,30,31,32). The minimum Gasteiger partial charge on any atom is -0.465 e. The summed E-state index contributed by atoms with van der Waals surface area (Å²) in [4.78, 5) is 21.7. The minimum absolute atomic E-state index is 0.0270. The van der Waals surface area contributed by atoms with Gasteiger partial charge >= 0.3 is 6.09 Å². The van der Waals surface area contributed by atoms with E-state index in [0.29, 0.717) is 23.1 Å². The zero-order valence-electron chi connectivity index (χ0n) is 18.9. The molecule has 3 aromatic carbocycles. The van der Waals surface area contributed by atoms with Gasteiger partial charge in [0.05, 0.1) is 5.52 Å². The maximum Gasteiger partial charge on any atom is 0.407 e. The molecule has 2 heterocycles. The quantitative estimate of drug-likeness (QED) is 0.295. The topological polar surface area (TPSA) is 78.4 Å². The predicted molar refractivity (Wildman–Crippen MR) is 140 cm³/mol. The maximum atomic E-state index is 11.2. The average Bonchev–Trinajstić information content (AvgIpc) is 2.87. The van der Waals surface area contributed by atoms with Crippen LogP contribution in [0.3, 0.4) is 0 Å². The average molecular weight is 507 g/mol. The minimum atomic E-state index is -0.865. The SMILES string of the molecule is O=C(O)N1CCC(Nc2ncnc3ccc(C(c4ccc(Cl)cc4)c4ccc(Cl)cc4)cc23)CC1. The summed E-state index contributed by atoms with van der Waals surface area (Å²) in [6.07, 6.45) is 2.16. The van der Waals surface area contributed by atoms with Crippen LogP contribution in [0.5, 0.6) is 0 Å². The van der Waals surface area contributed by atoms with Crippen LogP contribution in [0.1, 0.15) is 35.4 Å². The third-order valence-electron chi connectivity index (χ3n) is 6.51. The second kappa shape index (κ2) is 10.1. The molecule has 0 bridgehead atoms. The number of fused-ring (bicyclic) bond motifs is 1. The number of anilines is 1. The summed E-state index contributed by atoms with van der Waals surface area (Å²) < 4.78 is 0. The van der Waals surface area contributed by atoms with E-state index < -0.39 is 6.09 Å². The molecule has 5 rings (SSSR count). The van der Waals surface area contributed by atoms with E-state index in [1.165, 1.54) is 4.90 Å². The Morgan fingerprint density at radius 3 is 2.03 bits per heavy atom. The van der Waals surface area contributed by atoms with Crippen molar-refractivity contribution in [2.24, 2.45) is 0 Å². The number of hydrogen-bond donors (Lipinski definition) is 2. The van der Waals surface area contributed by atoms with Crippen molar-refractivity contribution in [2.45, 2.75) is 24.8 Å². The lowest BCUT2D eigenvalue weighted by atomic mass is 9.84. The number of halogens is 2. The number of carbonyl (C=O) groups is 1. The Bertz CT molecular complexity index is 1290. The van der Waals surface area contributed by atoms with Gasteiger partial charge in [0.15, 0.2) is 0 Å². The van der Waals surface area contributed by atoms with Crippen molar-refractivity contribution in [3.05, 3.63) is 99.8 Å². The molecule has 4 aromatic rings. The number of amides is 1. The second-order valence-electron chi connectivity index (χ2n) is 8.72. The Morgan fingerprint density at radius 1 is 0.886 bits per heavy atom. The van der Waals surface area contributed by atoms with Crippen LogP contribution in [-0.4, -0.2) is 45.2 Å². The number of rotatable bonds is 5. The highest BCUT2D eigenvalue weighted by molar-refractivity contribution is 6.30. The summed E-state index contributed by atoms with van der Waals surface area (Å²) in [6, 6.07) is 22.2. The fourth-order valence-electron chi connectivity index (χ4n) is 4.67. The second-order valence-corrected chi connectivity index (χ2v) is 9.60. The van der Waals surface area contributed by atoms with E-state index >= 15 is 0 Å². The first-order valence-corrected chi connectivity index (χ1v) is 12.2. The number of hydrogen-bond acceptors (Lipinski definition) is 4. The number of aromatic nitrogens is 2. The Hall–Kier alpha value is -3.35. The molecule has 1 amide bonds. The van der Waals surface area contributed by atoms with Crippen LogP contribution in [0.25, 0.3) is 10.9 Å². The van der Waals surface area contributed by atoms with Crippen molar-refractivity contribution >= 4 is 46.0 Å². The molecule has 6 nitrogen and oxygen atoms in total. The maximum absolute atomic E-state index is 11.2. The molecule has 8 heteroatoms. The third kappa shape index (κ3) is 5.19. The van der Waals surface area contributed by atoms with Crippen LogP contribution < -0.4 is 5.32 Å². The Balaban J connectivity index is 1.51. The van der Waals surface area contributed by atoms with Gasteiger partial charge in [0, 0.05) is 40.5 Å². The van der Waals surface area contributed by atoms with Gasteiger partial charge in [0.2, 0.25) is 0 Å². The first-order chi connectivity index (χ1) is 17.0. The highest BCUT2D eigenvalue weighted by Crippen LogP contribution is 2.35. The molecular formula is C27H24Cl2N4O2. The van der Waals surface area contributed by atoms with Crippen LogP contribution in [0, 0.1) is 0 Å². The number of carboxylic acid groups (broad SMARTS) is 1. The molecule has 1 aromatic heterocycles. The molecule has 1 aliphatic heterocycles. The normalized spacial score (nSPS) is 14.4. The van der Waals surface area contributed by atoms with E-state index in [4.69, 9.17) is 23.2 Å². The largest absolute Gasteiger partial charge is 0.465 e. The van der Waals surface area contributed by atoms with E-state index in [1.807, 2.05) is 54.6 Å². The number of benzene rings is 3. The van der Waals surface area contributed by atoms with Gasteiger partial charge in [-0.05, 0) is 65.9 Å². The molecule has 1 saturated heterocycles. The van der Waals surface area contributed by atoms with Crippen molar-refractivity contribution < 1.29 is 9.90 Å². The van der Waals surface area contributed by atoms with E-state index in [0.717, 1.165) is 46.3 Å². The highest BCUT2D eigenvalue weighted by Gasteiger charge is 2.23. The molecular weight excluding hydrogens is 483 g/mol. The summed E-state index contributed by atoms with van der Waals surface area (Å²) in [7, 11) is 0. The van der Waals surface area contributed by atoms with Gasteiger partial charge in [-0.3, -0.25) is 0 Å². The van der Waals surface area contributed by atoms with Crippen molar-refractivity contribution in [3.63, 3.8) is 0 Å². The van der Waals surface area contributed by atoms with Gasteiger partial charge in [-0.25, -0.2) is 14.8 Å². The first-order valence-electron chi connectivity index (χ1n) is 11.5. The van der Waals surface area contributed by atoms with Crippen molar-refractivity contribution in [2.75, 3.05) is 18.4 Å². The van der Waals surface area contributed by atoms with E-state index in [1.54, 1.807) is 6.33 Å². The molecule has 0 saturated carbocycles. The van der Waals surface area contributed by atoms with Gasteiger partial charge in [0.1, 0.15) is 12.1 Å². The third-order valence-corrected chi connectivity index (χ3v) is 7.01. The molecule has 35 heavy (non-hydrogen) atoms. The fraction of sp³-hybridized carbons (Fsp3) is 0.222.